The molecule has 6 nitrogen and oxygen atoms in total. The Morgan fingerprint density at radius 1 is 1.08 bits per heavy atom. The summed E-state index contributed by atoms with van der Waals surface area (Å²) >= 11 is 0. The number of amides is 2. The van der Waals surface area contributed by atoms with Gasteiger partial charge in [0.2, 0.25) is 0 Å². The number of hydrogen-bond donors (Lipinski definition) is 1. The van der Waals surface area contributed by atoms with E-state index < -0.39 is 0 Å². The quantitative estimate of drug-likeness (QED) is 0.788. The Hall–Kier alpha value is -3.12. The molecule has 132 valence electrons. The monoisotopic (exact) mass is 348 g/mol. The lowest BCUT2D eigenvalue weighted by Gasteiger charge is -2.33. The zero-order chi connectivity index (χ0) is 17.8. The van der Waals surface area contributed by atoms with Gasteiger partial charge in [-0.15, -0.1) is 0 Å². The molecule has 0 unspecified atom stereocenters. The molecule has 2 amide bonds. The first-order valence-corrected chi connectivity index (χ1v) is 8.62. The molecule has 0 saturated carbocycles. The van der Waals surface area contributed by atoms with E-state index in [-0.39, 0.29) is 12.1 Å². The van der Waals surface area contributed by atoms with E-state index in [2.05, 4.69) is 10.4 Å². The second kappa shape index (κ2) is 7.41. The number of carbonyl (C=O) groups is 1. The lowest BCUT2D eigenvalue weighted by molar-refractivity contribution is -0.0135. The Morgan fingerprint density at radius 2 is 1.81 bits per heavy atom. The summed E-state index contributed by atoms with van der Waals surface area (Å²) in [5, 5.41) is 7.23. The molecular formula is C20H20N4O2. The summed E-state index contributed by atoms with van der Waals surface area (Å²) in [5.74, 6) is 0. The number of benzene rings is 2. The van der Waals surface area contributed by atoms with Crippen molar-refractivity contribution in [2.24, 2.45) is 0 Å². The van der Waals surface area contributed by atoms with Gasteiger partial charge in [-0.3, -0.25) is 0 Å². The first-order chi connectivity index (χ1) is 12.8. The summed E-state index contributed by atoms with van der Waals surface area (Å²) < 4.78 is 7.56. The molecule has 4 rings (SSSR count). The van der Waals surface area contributed by atoms with Crippen molar-refractivity contribution in [2.75, 3.05) is 25.0 Å². The molecule has 0 spiro atoms. The average molecular weight is 348 g/mol. The summed E-state index contributed by atoms with van der Waals surface area (Å²) in [4.78, 5) is 14.4. The second-order valence-corrected chi connectivity index (χ2v) is 6.16. The lowest BCUT2D eigenvalue weighted by Crippen LogP contribution is -2.44. The molecular weight excluding hydrogens is 328 g/mol. The fourth-order valence-electron chi connectivity index (χ4n) is 3.01. The number of aromatic nitrogens is 2. The van der Waals surface area contributed by atoms with Crippen LogP contribution in [0, 0.1) is 0 Å². The first kappa shape index (κ1) is 16.4. The summed E-state index contributed by atoms with van der Waals surface area (Å²) in [6.07, 6.45) is 3.37. The largest absolute Gasteiger partial charge is 0.370 e. The van der Waals surface area contributed by atoms with Crippen LogP contribution in [-0.4, -0.2) is 40.4 Å². The Kier molecular flexibility index (Phi) is 4.66. The molecule has 1 saturated heterocycles. The van der Waals surface area contributed by atoms with Gasteiger partial charge < -0.3 is 15.0 Å². The van der Waals surface area contributed by atoms with Gasteiger partial charge in [0.1, 0.15) is 6.10 Å². The SMILES string of the molecule is O=C(Nc1cnn(-c2ccccc2)c1)N1CCO[C@@H](c2ccccc2)C1. The number of nitrogens with zero attached hydrogens (tertiary/aromatic N) is 3. The maximum atomic E-state index is 12.6. The number of para-hydroxylation sites is 1. The normalized spacial score (nSPS) is 17.1. The minimum Gasteiger partial charge on any atom is -0.370 e. The van der Waals surface area contributed by atoms with Gasteiger partial charge in [0, 0.05) is 6.54 Å². The van der Waals surface area contributed by atoms with Gasteiger partial charge in [0.05, 0.1) is 36.9 Å². The third-order valence-electron chi connectivity index (χ3n) is 4.38. The van der Waals surface area contributed by atoms with Crippen LogP contribution in [0.1, 0.15) is 11.7 Å². The van der Waals surface area contributed by atoms with Gasteiger partial charge >= 0.3 is 6.03 Å². The highest BCUT2D eigenvalue weighted by Crippen LogP contribution is 2.22. The van der Waals surface area contributed by atoms with E-state index >= 15 is 0 Å². The maximum Gasteiger partial charge on any atom is 0.322 e. The summed E-state index contributed by atoms with van der Waals surface area (Å²) in [6, 6.07) is 19.6. The van der Waals surface area contributed by atoms with Gasteiger partial charge in [-0.1, -0.05) is 48.5 Å². The molecule has 2 aromatic carbocycles. The molecule has 0 aliphatic carbocycles. The van der Waals surface area contributed by atoms with Crippen LogP contribution in [0.4, 0.5) is 10.5 Å². The van der Waals surface area contributed by atoms with Crippen LogP contribution in [0.25, 0.3) is 5.69 Å². The van der Waals surface area contributed by atoms with Gasteiger partial charge in [0.25, 0.3) is 0 Å². The van der Waals surface area contributed by atoms with Gasteiger partial charge in [0.15, 0.2) is 0 Å². The average Bonchev–Trinajstić information content (AvgIpc) is 3.18. The number of morpholine rings is 1. The molecule has 2 heterocycles. The molecule has 6 heteroatoms. The molecule has 1 fully saturated rings. The summed E-state index contributed by atoms with van der Waals surface area (Å²) in [6.45, 7) is 1.63. The molecule has 3 aromatic rings. The molecule has 1 N–H and O–H groups in total. The Balaban J connectivity index is 1.41. The van der Waals surface area contributed by atoms with Crippen molar-refractivity contribution < 1.29 is 9.53 Å². The number of carbonyl (C=O) groups excluding carboxylic acids is 1. The Labute approximate surface area is 152 Å². The van der Waals surface area contributed by atoms with Crippen LogP contribution >= 0.6 is 0 Å². The highest BCUT2D eigenvalue weighted by atomic mass is 16.5. The number of anilines is 1. The fourth-order valence-corrected chi connectivity index (χ4v) is 3.01. The first-order valence-electron chi connectivity index (χ1n) is 8.62. The van der Waals surface area contributed by atoms with Crippen LogP contribution < -0.4 is 5.32 Å². The highest BCUT2D eigenvalue weighted by molar-refractivity contribution is 5.89. The van der Waals surface area contributed by atoms with Gasteiger partial charge in [-0.25, -0.2) is 9.48 Å². The highest BCUT2D eigenvalue weighted by Gasteiger charge is 2.25. The zero-order valence-corrected chi connectivity index (χ0v) is 14.3. The van der Waals surface area contributed by atoms with Crippen LogP contribution in [0.2, 0.25) is 0 Å². The van der Waals surface area contributed by atoms with E-state index in [4.69, 9.17) is 4.74 Å². The summed E-state index contributed by atoms with van der Waals surface area (Å²) in [7, 11) is 0. The predicted octanol–water partition coefficient (Wildman–Crippen LogP) is 3.48. The number of hydrogen-bond acceptors (Lipinski definition) is 3. The van der Waals surface area contributed by atoms with E-state index in [1.807, 2.05) is 66.9 Å². The molecule has 1 atom stereocenters. The van der Waals surface area contributed by atoms with E-state index in [1.54, 1.807) is 15.8 Å². The van der Waals surface area contributed by atoms with E-state index in [0.29, 0.717) is 25.4 Å². The zero-order valence-electron chi connectivity index (χ0n) is 14.3. The lowest BCUT2D eigenvalue weighted by atomic mass is 10.1. The second-order valence-electron chi connectivity index (χ2n) is 6.16. The van der Waals surface area contributed by atoms with Crippen LogP contribution in [-0.2, 0) is 4.74 Å². The van der Waals surface area contributed by atoms with Crippen molar-refractivity contribution >= 4 is 11.7 Å². The Morgan fingerprint density at radius 3 is 2.58 bits per heavy atom. The van der Waals surface area contributed by atoms with Gasteiger partial charge in [-0.05, 0) is 17.7 Å². The molecule has 1 aromatic heterocycles. The number of nitrogens with one attached hydrogen (secondary N) is 1. The topological polar surface area (TPSA) is 59.4 Å². The Bertz CT molecular complexity index is 864. The van der Waals surface area contributed by atoms with Crippen LogP contribution in [0.3, 0.4) is 0 Å². The number of ether oxygens (including phenoxy) is 1. The number of urea groups is 1. The van der Waals surface area contributed by atoms with Crippen molar-refractivity contribution in [3.63, 3.8) is 0 Å². The van der Waals surface area contributed by atoms with Crippen molar-refractivity contribution in [1.29, 1.82) is 0 Å². The van der Waals surface area contributed by atoms with Crippen molar-refractivity contribution in [3.8, 4) is 5.69 Å². The fraction of sp³-hybridized carbons (Fsp3) is 0.200. The van der Waals surface area contributed by atoms with E-state index in [0.717, 1.165) is 11.3 Å². The maximum absolute atomic E-state index is 12.6. The summed E-state index contributed by atoms with van der Waals surface area (Å²) in [5.41, 5.74) is 2.70. The smallest absolute Gasteiger partial charge is 0.322 e. The third-order valence-corrected chi connectivity index (χ3v) is 4.38. The molecule has 0 bridgehead atoms. The van der Waals surface area contributed by atoms with E-state index in [1.165, 1.54) is 0 Å². The van der Waals surface area contributed by atoms with Crippen LogP contribution in [0.15, 0.2) is 73.1 Å². The van der Waals surface area contributed by atoms with Crippen LogP contribution in [0.5, 0.6) is 0 Å². The van der Waals surface area contributed by atoms with E-state index in [9.17, 15) is 4.79 Å². The van der Waals surface area contributed by atoms with Gasteiger partial charge in [-0.2, -0.15) is 5.10 Å². The third kappa shape index (κ3) is 3.60. The minimum absolute atomic E-state index is 0.0947. The van der Waals surface area contributed by atoms with Crippen molar-refractivity contribution in [3.05, 3.63) is 78.6 Å². The molecule has 0 radical (unpaired) electrons. The minimum atomic E-state index is -0.137. The van der Waals surface area contributed by atoms with Crippen molar-refractivity contribution in [1.82, 2.24) is 14.7 Å². The standard InChI is InChI=1S/C20H20N4O2/c25-20(22-17-13-21-24(14-17)18-9-5-2-6-10-18)23-11-12-26-19(15-23)16-7-3-1-4-8-16/h1-10,13-14,19H,11-12,15H2,(H,22,25)/t19-/m1/s1. The van der Waals surface area contributed by atoms with Crippen molar-refractivity contribution in [2.45, 2.75) is 6.10 Å². The number of rotatable bonds is 3. The molecule has 1 aliphatic rings. The predicted molar refractivity (Wildman–Crippen MR) is 99.3 cm³/mol. The molecule has 1 aliphatic heterocycles. The molecule has 26 heavy (non-hydrogen) atoms.